The Bertz CT molecular complexity index is 685. The predicted octanol–water partition coefficient (Wildman–Crippen LogP) is 4.14. The first-order valence-electron chi connectivity index (χ1n) is 7.62. The molecule has 0 saturated heterocycles. The summed E-state index contributed by atoms with van der Waals surface area (Å²) in [5.41, 5.74) is 3.99. The summed E-state index contributed by atoms with van der Waals surface area (Å²) in [5.74, 6) is 0.618. The maximum atomic E-state index is 3.55. The Morgan fingerprint density at radius 3 is 2.62 bits per heavy atom. The quantitative estimate of drug-likeness (QED) is 0.697. The molecule has 0 fully saturated rings. The molecule has 0 amide bonds. The molecule has 21 heavy (non-hydrogen) atoms. The van der Waals surface area contributed by atoms with E-state index in [2.05, 4.69) is 78.0 Å². The Kier molecular flexibility index (Phi) is 4.37. The molecule has 1 atom stereocenters. The van der Waals surface area contributed by atoms with Crippen molar-refractivity contribution < 1.29 is 0 Å². The number of nitrogens with one attached hydrogen (secondary N) is 2. The van der Waals surface area contributed by atoms with Crippen LogP contribution in [0.15, 0.2) is 60.8 Å². The van der Waals surface area contributed by atoms with Gasteiger partial charge in [-0.05, 0) is 36.1 Å². The monoisotopic (exact) mass is 278 g/mol. The van der Waals surface area contributed by atoms with Crippen molar-refractivity contribution in [1.82, 2.24) is 10.3 Å². The second-order valence-electron chi connectivity index (χ2n) is 5.79. The molecule has 1 aromatic heterocycles. The Labute approximate surface area is 126 Å². The van der Waals surface area contributed by atoms with E-state index in [0.29, 0.717) is 5.92 Å². The Balaban J connectivity index is 1.53. The molecular weight excluding hydrogens is 256 g/mol. The van der Waals surface area contributed by atoms with Crippen LogP contribution in [0, 0.1) is 5.92 Å². The summed E-state index contributed by atoms with van der Waals surface area (Å²) in [6.45, 7) is 4.28. The van der Waals surface area contributed by atoms with Gasteiger partial charge in [-0.15, -0.1) is 0 Å². The smallest absolute Gasteiger partial charge is 0.0456 e. The Morgan fingerprint density at radius 1 is 1.00 bits per heavy atom. The minimum absolute atomic E-state index is 0.618. The van der Waals surface area contributed by atoms with E-state index in [0.717, 1.165) is 19.5 Å². The highest BCUT2D eigenvalue weighted by Gasteiger charge is 2.08. The van der Waals surface area contributed by atoms with Crippen molar-refractivity contribution in [3.8, 4) is 0 Å². The molecule has 0 aliphatic rings. The number of aromatic amines is 1. The highest BCUT2D eigenvalue weighted by molar-refractivity contribution is 5.83. The average molecular weight is 278 g/mol. The zero-order valence-electron chi connectivity index (χ0n) is 12.5. The van der Waals surface area contributed by atoms with E-state index >= 15 is 0 Å². The van der Waals surface area contributed by atoms with Crippen molar-refractivity contribution in [2.24, 2.45) is 5.92 Å². The lowest BCUT2D eigenvalue weighted by atomic mass is 10.0. The third-order valence-corrected chi connectivity index (χ3v) is 3.91. The van der Waals surface area contributed by atoms with Crippen LogP contribution >= 0.6 is 0 Å². The molecule has 2 heteroatoms. The molecule has 0 bridgehead atoms. The van der Waals surface area contributed by atoms with Crippen LogP contribution < -0.4 is 5.32 Å². The van der Waals surface area contributed by atoms with Gasteiger partial charge in [0.25, 0.3) is 0 Å². The maximum Gasteiger partial charge on any atom is 0.0456 e. The topological polar surface area (TPSA) is 27.8 Å². The largest absolute Gasteiger partial charge is 0.361 e. The van der Waals surface area contributed by atoms with Crippen LogP contribution in [0.25, 0.3) is 10.9 Å². The van der Waals surface area contributed by atoms with Crippen LogP contribution in [-0.2, 0) is 13.0 Å². The molecule has 0 aliphatic carbocycles. The molecule has 2 N–H and O–H groups in total. The number of aromatic nitrogens is 1. The van der Waals surface area contributed by atoms with Crippen molar-refractivity contribution in [3.05, 3.63) is 71.9 Å². The van der Waals surface area contributed by atoms with Gasteiger partial charge in [0.05, 0.1) is 0 Å². The number of hydrogen-bond acceptors (Lipinski definition) is 1. The fourth-order valence-electron chi connectivity index (χ4n) is 2.81. The van der Waals surface area contributed by atoms with Gasteiger partial charge in [-0.2, -0.15) is 0 Å². The number of hydrogen-bond donors (Lipinski definition) is 2. The lowest BCUT2D eigenvalue weighted by Gasteiger charge is -2.12. The molecular formula is C19H22N2. The van der Waals surface area contributed by atoms with Crippen molar-refractivity contribution in [2.75, 3.05) is 6.54 Å². The highest BCUT2D eigenvalue weighted by Crippen LogP contribution is 2.20. The van der Waals surface area contributed by atoms with Crippen LogP contribution in [0.5, 0.6) is 0 Å². The van der Waals surface area contributed by atoms with Crippen molar-refractivity contribution >= 4 is 10.9 Å². The zero-order valence-corrected chi connectivity index (χ0v) is 12.5. The first-order chi connectivity index (χ1) is 10.3. The molecule has 0 unspecified atom stereocenters. The predicted molar refractivity (Wildman–Crippen MR) is 89.3 cm³/mol. The van der Waals surface area contributed by atoms with Gasteiger partial charge in [-0.3, -0.25) is 0 Å². The van der Waals surface area contributed by atoms with Gasteiger partial charge >= 0.3 is 0 Å². The molecule has 3 aromatic rings. The minimum Gasteiger partial charge on any atom is -0.361 e. The molecule has 0 aliphatic heterocycles. The van der Waals surface area contributed by atoms with E-state index in [4.69, 9.17) is 0 Å². The van der Waals surface area contributed by atoms with Crippen LogP contribution in [0.4, 0.5) is 0 Å². The first kappa shape index (κ1) is 13.9. The van der Waals surface area contributed by atoms with Gasteiger partial charge in [0.2, 0.25) is 0 Å². The van der Waals surface area contributed by atoms with Crippen molar-refractivity contribution in [3.63, 3.8) is 0 Å². The van der Waals surface area contributed by atoms with Gasteiger partial charge in [0.15, 0.2) is 0 Å². The Hall–Kier alpha value is -2.06. The van der Waals surface area contributed by atoms with Gasteiger partial charge in [-0.25, -0.2) is 0 Å². The fraction of sp³-hybridized carbons (Fsp3) is 0.263. The summed E-state index contributed by atoms with van der Waals surface area (Å²) in [6.07, 6.45) is 3.25. The normalized spacial score (nSPS) is 12.6. The lowest BCUT2D eigenvalue weighted by molar-refractivity contribution is 0.512. The summed E-state index contributed by atoms with van der Waals surface area (Å²) in [5, 5.41) is 4.91. The van der Waals surface area contributed by atoms with Gasteiger partial charge in [0.1, 0.15) is 0 Å². The number of H-pyrrole nitrogens is 1. The molecule has 0 spiro atoms. The maximum absolute atomic E-state index is 3.55. The molecule has 0 radical (unpaired) electrons. The van der Waals surface area contributed by atoms with Gasteiger partial charge < -0.3 is 10.3 Å². The van der Waals surface area contributed by atoms with Crippen molar-refractivity contribution in [2.45, 2.75) is 19.9 Å². The SMILES string of the molecule is C[C@H](CNCc1ccccc1)Cc1c[nH]c2ccccc12. The molecule has 1 heterocycles. The molecule has 3 rings (SSSR count). The van der Waals surface area contributed by atoms with E-state index in [1.165, 1.54) is 22.0 Å². The van der Waals surface area contributed by atoms with E-state index in [1.807, 2.05) is 0 Å². The van der Waals surface area contributed by atoms with Crippen molar-refractivity contribution in [1.29, 1.82) is 0 Å². The van der Waals surface area contributed by atoms with Crippen LogP contribution in [0.3, 0.4) is 0 Å². The summed E-state index contributed by atoms with van der Waals surface area (Å²) in [4.78, 5) is 3.36. The van der Waals surface area contributed by atoms with E-state index in [1.54, 1.807) is 0 Å². The lowest BCUT2D eigenvalue weighted by Crippen LogP contribution is -2.22. The van der Waals surface area contributed by atoms with E-state index in [9.17, 15) is 0 Å². The minimum atomic E-state index is 0.618. The molecule has 2 nitrogen and oxygen atoms in total. The zero-order chi connectivity index (χ0) is 14.5. The summed E-state index contributed by atoms with van der Waals surface area (Å²) >= 11 is 0. The standard InChI is InChI=1S/C19H22N2/c1-15(12-20-13-16-7-3-2-4-8-16)11-17-14-21-19-10-6-5-9-18(17)19/h2-10,14-15,20-21H,11-13H2,1H3/t15-/m0/s1. The molecule has 0 saturated carbocycles. The molecule has 2 aromatic carbocycles. The number of benzene rings is 2. The second kappa shape index (κ2) is 6.59. The number of fused-ring (bicyclic) bond motifs is 1. The fourth-order valence-corrected chi connectivity index (χ4v) is 2.81. The van der Waals surface area contributed by atoms with Gasteiger partial charge in [-0.1, -0.05) is 55.5 Å². The third kappa shape index (κ3) is 3.53. The summed E-state index contributed by atoms with van der Waals surface area (Å²) in [7, 11) is 0. The third-order valence-electron chi connectivity index (χ3n) is 3.91. The van der Waals surface area contributed by atoms with Crippen LogP contribution in [-0.4, -0.2) is 11.5 Å². The summed E-state index contributed by atoms with van der Waals surface area (Å²) in [6, 6.07) is 19.1. The number of rotatable bonds is 6. The highest BCUT2D eigenvalue weighted by atomic mass is 14.9. The Morgan fingerprint density at radius 2 is 1.76 bits per heavy atom. The molecule has 108 valence electrons. The number of para-hydroxylation sites is 1. The first-order valence-corrected chi connectivity index (χ1v) is 7.62. The second-order valence-corrected chi connectivity index (χ2v) is 5.79. The van der Waals surface area contributed by atoms with Gasteiger partial charge in [0, 0.05) is 23.6 Å². The van der Waals surface area contributed by atoms with E-state index in [-0.39, 0.29) is 0 Å². The average Bonchev–Trinajstić information content (AvgIpc) is 2.92. The van der Waals surface area contributed by atoms with Crippen LogP contribution in [0.1, 0.15) is 18.1 Å². The van der Waals surface area contributed by atoms with E-state index < -0.39 is 0 Å². The van der Waals surface area contributed by atoms with Crippen LogP contribution in [0.2, 0.25) is 0 Å². The summed E-state index contributed by atoms with van der Waals surface area (Å²) < 4.78 is 0.